The van der Waals surface area contributed by atoms with Gasteiger partial charge >= 0.3 is 0 Å². The molecule has 3 aromatic heterocycles. The molecule has 1 aromatic carbocycles. The quantitative estimate of drug-likeness (QED) is 0.348. The van der Waals surface area contributed by atoms with E-state index in [-0.39, 0.29) is 5.56 Å². The first-order valence-corrected chi connectivity index (χ1v) is 10.5. The summed E-state index contributed by atoms with van der Waals surface area (Å²) < 4.78 is 7.15. The van der Waals surface area contributed by atoms with Gasteiger partial charge < -0.3 is 4.42 Å². The largest absolute Gasteiger partial charge is 0.467 e. The molecule has 0 aliphatic rings. The van der Waals surface area contributed by atoms with Gasteiger partial charge in [0.1, 0.15) is 10.6 Å². The van der Waals surface area contributed by atoms with Gasteiger partial charge in [0.05, 0.1) is 29.8 Å². The number of fused-ring (bicyclic) bond motifs is 1. The van der Waals surface area contributed by atoms with Gasteiger partial charge in [0.2, 0.25) is 0 Å². The molecule has 3 heterocycles. The molecule has 0 aliphatic heterocycles. The molecule has 0 unspecified atom stereocenters. The molecule has 0 N–H and O–H groups in total. The van der Waals surface area contributed by atoms with Crippen LogP contribution in [0.5, 0.6) is 0 Å². The van der Waals surface area contributed by atoms with Crippen molar-refractivity contribution in [1.29, 1.82) is 5.26 Å². The van der Waals surface area contributed by atoms with Crippen molar-refractivity contribution in [1.82, 2.24) is 9.55 Å². The molecule has 0 saturated carbocycles. The number of thioether (sulfide) groups is 1. The number of thiophene rings is 1. The van der Waals surface area contributed by atoms with Crippen molar-refractivity contribution in [3.8, 4) is 6.07 Å². The van der Waals surface area contributed by atoms with Gasteiger partial charge in [-0.15, -0.1) is 11.3 Å². The third-order valence-electron chi connectivity index (χ3n) is 4.60. The maximum Gasteiger partial charge on any atom is 0.263 e. The Bertz CT molecular complexity index is 1230. The first-order valence-electron chi connectivity index (χ1n) is 8.71. The van der Waals surface area contributed by atoms with E-state index in [0.29, 0.717) is 34.2 Å². The average molecular weight is 408 g/mol. The first kappa shape index (κ1) is 18.5. The molecule has 0 radical (unpaired) electrons. The van der Waals surface area contributed by atoms with Gasteiger partial charge in [-0.1, -0.05) is 23.9 Å². The Kier molecular flexibility index (Phi) is 5.07. The number of hydrogen-bond acceptors (Lipinski definition) is 6. The number of nitrogens with zero attached hydrogens (tertiary/aromatic N) is 3. The summed E-state index contributed by atoms with van der Waals surface area (Å²) in [7, 11) is 0. The Morgan fingerprint density at radius 2 is 2.04 bits per heavy atom. The number of nitriles is 1. The van der Waals surface area contributed by atoms with E-state index in [4.69, 9.17) is 14.7 Å². The van der Waals surface area contributed by atoms with Gasteiger partial charge in [0, 0.05) is 10.6 Å². The minimum atomic E-state index is -0.0365. The molecule has 7 heteroatoms. The van der Waals surface area contributed by atoms with Gasteiger partial charge in [-0.2, -0.15) is 5.26 Å². The lowest BCUT2D eigenvalue weighted by molar-refractivity contribution is 0.476. The smallest absolute Gasteiger partial charge is 0.263 e. The summed E-state index contributed by atoms with van der Waals surface area (Å²) in [6, 6.07) is 13.3. The number of benzene rings is 1. The Labute approximate surface area is 170 Å². The zero-order valence-electron chi connectivity index (χ0n) is 15.4. The van der Waals surface area contributed by atoms with Crippen LogP contribution in [0.2, 0.25) is 0 Å². The molecule has 0 fully saturated rings. The van der Waals surface area contributed by atoms with Crippen LogP contribution in [0.4, 0.5) is 0 Å². The molecule has 0 saturated heterocycles. The van der Waals surface area contributed by atoms with Crippen LogP contribution >= 0.6 is 23.1 Å². The molecule has 0 bridgehead atoms. The molecule has 4 aromatic rings. The molecule has 140 valence electrons. The van der Waals surface area contributed by atoms with Gasteiger partial charge in [-0.25, -0.2) is 4.98 Å². The zero-order valence-corrected chi connectivity index (χ0v) is 17.1. The molecular formula is C21H17N3O2S2. The molecule has 0 spiro atoms. The van der Waals surface area contributed by atoms with Gasteiger partial charge in [0.15, 0.2) is 5.16 Å². The van der Waals surface area contributed by atoms with Crippen LogP contribution < -0.4 is 5.56 Å². The highest BCUT2D eigenvalue weighted by molar-refractivity contribution is 7.98. The summed E-state index contributed by atoms with van der Waals surface area (Å²) >= 11 is 3.07. The van der Waals surface area contributed by atoms with Crippen molar-refractivity contribution < 1.29 is 4.42 Å². The maximum atomic E-state index is 13.2. The predicted octanol–water partition coefficient (Wildman–Crippen LogP) is 4.88. The third kappa shape index (κ3) is 3.49. The lowest BCUT2D eigenvalue weighted by Gasteiger charge is -2.11. The topological polar surface area (TPSA) is 71.8 Å². The van der Waals surface area contributed by atoms with Crippen molar-refractivity contribution >= 4 is 33.3 Å². The van der Waals surface area contributed by atoms with Crippen molar-refractivity contribution in [2.75, 3.05) is 0 Å². The van der Waals surface area contributed by atoms with E-state index >= 15 is 0 Å². The lowest BCUT2D eigenvalue weighted by Crippen LogP contribution is -2.23. The summed E-state index contributed by atoms with van der Waals surface area (Å²) in [5.41, 5.74) is 2.66. The molecule has 0 atom stereocenters. The second-order valence-corrected chi connectivity index (χ2v) is 8.57. The summed E-state index contributed by atoms with van der Waals surface area (Å²) in [4.78, 5) is 19.9. The van der Waals surface area contributed by atoms with Crippen molar-refractivity contribution in [3.05, 3.63) is 80.3 Å². The molecule has 28 heavy (non-hydrogen) atoms. The van der Waals surface area contributed by atoms with Crippen molar-refractivity contribution in [2.24, 2.45) is 0 Å². The second kappa shape index (κ2) is 7.66. The van der Waals surface area contributed by atoms with Crippen LogP contribution in [0, 0.1) is 25.2 Å². The van der Waals surface area contributed by atoms with Crippen LogP contribution in [0.15, 0.2) is 57.0 Å². The molecule has 0 aliphatic carbocycles. The monoisotopic (exact) mass is 407 g/mol. The Morgan fingerprint density at radius 1 is 1.25 bits per heavy atom. The number of aromatic nitrogens is 2. The molecular weight excluding hydrogens is 390 g/mol. The fraction of sp³-hybridized carbons (Fsp3) is 0.190. The van der Waals surface area contributed by atoms with E-state index < -0.39 is 0 Å². The van der Waals surface area contributed by atoms with Gasteiger partial charge in [-0.3, -0.25) is 9.36 Å². The van der Waals surface area contributed by atoms with Crippen molar-refractivity contribution in [3.63, 3.8) is 0 Å². The van der Waals surface area contributed by atoms with Crippen LogP contribution in [0.3, 0.4) is 0 Å². The summed E-state index contributed by atoms with van der Waals surface area (Å²) in [5.74, 6) is 1.37. The van der Waals surface area contributed by atoms with E-state index in [0.717, 1.165) is 20.8 Å². The zero-order chi connectivity index (χ0) is 19.7. The average Bonchev–Trinajstić information content (AvgIpc) is 3.31. The van der Waals surface area contributed by atoms with E-state index in [9.17, 15) is 4.79 Å². The maximum absolute atomic E-state index is 13.2. The minimum absolute atomic E-state index is 0.0365. The Morgan fingerprint density at radius 3 is 2.71 bits per heavy atom. The highest BCUT2D eigenvalue weighted by Gasteiger charge is 2.17. The number of hydrogen-bond donors (Lipinski definition) is 0. The van der Waals surface area contributed by atoms with Crippen molar-refractivity contribution in [2.45, 2.75) is 31.3 Å². The first-order chi connectivity index (χ1) is 13.6. The van der Waals surface area contributed by atoms with Crippen LogP contribution in [0.25, 0.3) is 10.2 Å². The van der Waals surface area contributed by atoms with Gasteiger partial charge in [-0.05, 0) is 49.2 Å². The third-order valence-corrected chi connectivity index (χ3v) is 6.75. The number of rotatable bonds is 5. The minimum Gasteiger partial charge on any atom is -0.467 e. The Hall–Kier alpha value is -2.82. The molecule has 0 amide bonds. The summed E-state index contributed by atoms with van der Waals surface area (Å²) in [6.07, 6.45) is 1.61. The SMILES string of the molecule is Cc1sc2nc(SCc3ccc(C#N)cc3)n(Cc3ccco3)c(=O)c2c1C. The Balaban J connectivity index is 1.74. The lowest BCUT2D eigenvalue weighted by atomic mass is 10.2. The fourth-order valence-electron chi connectivity index (χ4n) is 2.94. The standard InChI is InChI=1S/C21H17N3O2S2/c1-13-14(2)28-19-18(13)20(25)24(11-17-4-3-9-26-17)21(23-19)27-12-16-7-5-15(10-22)6-8-16/h3-9H,11-12H2,1-2H3. The molecule has 5 nitrogen and oxygen atoms in total. The number of aryl methyl sites for hydroxylation is 2. The number of furan rings is 1. The fourth-order valence-corrected chi connectivity index (χ4v) is 4.96. The normalized spacial score (nSPS) is 11.0. The van der Waals surface area contributed by atoms with E-state index in [1.807, 2.05) is 38.1 Å². The van der Waals surface area contributed by atoms with E-state index in [1.54, 1.807) is 34.3 Å². The summed E-state index contributed by atoms with van der Waals surface area (Å²) in [5, 5.41) is 10.3. The predicted molar refractivity (Wildman–Crippen MR) is 112 cm³/mol. The van der Waals surface area contributed by atoms with Crippen LogP contribution in [-0.4, -0.2) is 9.55 Å². The summed E-state index contributed by atoms with van der Waals surface area (Å²) in [6.45, 7) is 4.33. The highest BCUT2D eigenvalue weighted by Crippen LogP contribution is 2.29. The van der Waals surface area contributed by atoms with Gasteiger partial charge in [0.25, 0.3) is 5.56 Å². The van der Waals surface area contributed by atoms with Crippen LogP contribution in [-0.2, 0) is 12.3 Å². The highest BCUT2D eigenvalue weighted by atomic mass is 32.2. The molecule has 4 rings (SSSR count). The van der Waals surface area contributed by atoms with E-state index in [2.05, 4.69) is 6.07 Å². The second-order valence-electron chi connectivity index (χ2n) is 6.43. The van der Waals surface area contributed by atoms with Crippen LogP contribution in [0.1, 0.15) is 27.3 Å². The van der Waals surface area contributed by atoms with E-state index in [1.165, 1.54) is 11.8 Å².